The third kappa shape index (κ3) is 4.10. The van der Waals surface area contributed by atoms with Gasteiger partial charge in [0.2, 0.25) is 0 Å². The van der Waals surface area contributed by atoms with Gasteiger partial charge in [-0.1, -0.05) is 32.6 Å². The summed E-state index contributed by atoms with van der Waals surface area (Å²) in [6.45, 7) is 3.02. The highest BCUT2D eigenvalue weighted by molar-refractivity contribution is 4.74. The van der Waals surface area contributed by atoms with Gasteiger partial charge in [-0.15, -0.1) is 0 Å². The van der Waals surface area contributed by atoms with E-state index >= 15 is 0 Å². The van der Waals surface area contributed by atoms with E-state index in [1.807, 2.05) is 0 Å². The molecule has 1 rings (SSSR count). The summed E-state index contributed by atoms with van der Waals surface area (Å²) in [4.78, 5) is 0. The minimum Gasteiger partial charge on any atom is -0.390 e. The molecule has 0 radical (unpaired) electrons. The lowest BCUT2D eigenvalue weighted by atomic mass is 9.95. The molecule has 0 aromatic rings. The molecule has 78 valence electrons. The summed E-state index contributed by atoms with van der Waals surface area (Å²) in [5, 5.41) is 9.60. The third-order valence-corrected chi connectivity index (χ3v) is 2.75. The number of ether oxygens (including phenoxy) is 1. The van der Waals surface area contributed by atoms with Gasteiger partial charge in [0.1, 0.15) is 0 Å². The van der Waals surface area contributed by atoms with Crippen molar-refractivity contribution in [2.24, 2.45) is 0 Å². The molecular formula is C11H22O2. The van der Waals surface area contributed by atoms with Gasteiger partial charge in [0.15, 0.2) is 0 Å². The van der Waals surface area contributed by atoms with Crippen molar-refractivity contribution < 1.29 is 9.84 Å². The fourth-order valence-corrected chi connectivity index (χ4v) is 1.86. The molecule has 1 aliphatic rings. The Balaban J connectivity index is 2.05. The Labute approximate surface area is 81.3 Å². The van der Waals surface area contributed by atoms with Gasteiger partial charge in [-0.05, 0) is 19.3 Å². The van der Waals surface area contributed by atoms with E-state index in [9.17, 15) is 5.11 Å². The van der Waals surface area contributed by atoms with Gasteiger partial charge in [-0.25, -0.2) is 0 Å². The summed E-state index contributed by atoms with van der Waals surface area (Å²) >= 11 is 0. The third-order valence-electron chi connectivity index (χ3n) is 2.75. The van der Waals surface area contributed by atoms with Crippen LogP contribution in [-0.4, -0.2) is 23.9 Å². The van der Waals surface area contributed by atoms with Crippen molar-refractivity contribution in [2.75, 3.05) is 6.61 Å². The zero-order chi connectivity index (χ0) is 9.52. The first-order chi connectivity index (χ1) is 6.34. The van der Waals surface area contributed by atoms with Gasteiger partial charge in [-0.3, -0.25) is 0 Å². The van der Waals surface area contributed by atoms with Crippen LogP contribution in [0.4, 0.5) is 0 Å². The Morgan fingerprint density at radius 3 is 2.69 bits per heavy atom. The summed E-state index contributed by atoms with van der Waals surface area (Å²) in [7, 11) is 0. The second-order valence-electron chi connectivity index (χ2n) is 3.97. The highest BCUT2D eigenvalue weighted by Gasteiger charge is 2.22. The Bertz CT molecular complexity index is 125. The lowest BCUT2D eigenvalue weighted by molar-refractivity contribution is -0.0594. The van der Waals surface area contributed by atoms with Crippen molar-refractivity contribution in [1.82, 2.24) is 0 Å². The minimum absolute atomic E-state index is 0.130. The number of rotatable bonds is 5. The highest BCUT2D eigenvalue weighted by Crippen LogP contribution is 2.21. The van der Waals surface area contributed by atoms with Crippen LogP contribution in [-0.2, 0) is 4.74 Å². The molecule has 0 aromatic carbocycles. The van der Waals surface area contributed by atoms with E-state index in [1.165, 1.54) is 19.3 Å². The number of aliphatic hydroxyl groups excluding tert-OH is 1. The first-order valence-electron chi connectivity index (χ1n) is 5.64. The van der Waals surface area contributed by atoms with Crippen LogP contribution >= 0.6 is 0 Å². The van der Waals surface area contributed by atoms with Crippen molar-refractivity contribution >= 4 is 0 Å². The quantitative estimate of drug-likeness (QED) is 0.668. The van der Waals surface area contributed by atoms with Crippen LogP contribution in [0.3, 0.4) is 0 Å². The van der Waals surface area contributed by atoms with Crippen LogP contribution in [0, 0.1) is 0 Å². The van der Waals surface area contributed by atoms with Crippen LogP contribution in [0.15, 0.2) is 0 Å². The molecule has 0 spiro atoms. The molecule has 0 aromatic heterocycles. The molecule has 1 N–H and O–H groups in total. The number of hydrogen-bond donors (Lipinski definition) is 1. The molecule has 1 fully saturated rings. The minimum atomic E-state index is -0.199. The van der Waals surface area contributed by atoms with Crippen LogP contribution in [0.1, 0.15) is 51.9 Å². The molecular weight excluding hydrogens is 164 g/mol. The van der Waals surface area contributed by atoms with Crippen molar-refractivity contribution in [3.05, 3.63) is 0 Å². The molecule has 1 aliphatic carbocycles. The molecule has 2 nitrogen and oxygen atoms in total. The van der Waals surface area contributed by atoms with E-state index < -0.39 is 0 Å². The van der Waals surface area contributed by atoms with E-state index in [-0.39, 0.29) is 12.2 Å². The maximum absolute atomic E-state index is 9.60. The number of unbranched alkanes of at least 4 members (excludes halogenated alkanes) is 2. The Kier molecular flexibility index (Phi) is 5.40. The standard InChI is InChI=1S/C11H22O2/c1-2-3-6-9-13-11-8-5-4-7-10(11)12/h10-12H,2-9H2,1H3. The van der Waals surface area contributed by atoms with Crippen molar-refractivity contribution in [3.8, 4) is 0 Å². The largest absolute Gasteiger partial charge is 0.390 e. The fourth-order valence-electron chi connectivity index (χ4n) is 1.86. The summed E-state index contributed by atoms with van der Waals surface area (Å²) < 4.78 is 5.65. The van der Waals surface area contributed by atoms with Crippen LogP contribution in [0.2, 0.25) is 0 Å². The smallest absolute Gasteiger partial charge is 0.0833 e. The average molecular weight is 186 g/mol. The molecule has 0 heterocycles. The molecule has 13 heavy (non-hydrogen) atoms. The number of hydrogen-bond acceptors (Lipinski definition) is 2. The van der Waals surface area contributed by atoms with Crippen LogP contribution < -0.4 is 0 Å². The van der Waals surface area contributed by atoms with E-state index in [1.54, 1.807) is 0 Å². The zero-order valence-corrected chi connectivity index (χ0v) is 8.67. The first-order valence-corrected chi connectivity index (χ1v) is 5.64. The maximum Gasteiger partial charge on any atom is 0.0833 e. The number of aliphatic hydroxyl groups is 1. The topological polar surface area (TPSA) is 29.5 Å². The molecule has 1 saturated carbocycles. The van der Waals surface area contributed by atoms with Crippen molar-refractivity contribution in [2.45, 2.75) is 64.1 Å². The fraction of sp³-hybridized carbons (Fsp3) is 1.00. The predicted octanol–water partition coefficient (Wildman–Crippen LogP) is 2.50. The lowest BCUT2D eigenvalue weighted by Gasteiger charge is -2.27. The Morgan fingerprint density at radius 1 is 1.23 bits per heavy atom. The SMILES string of the molecule is CCCCCOC1CCCCC1O. The monoisotopic (exact) mass is 186 g/mol. The summed E-state index contributed by atoms with van der Waals surface area (Å²) in [6, 6.07) is 0. The highest BCUT2D eigenvalue weighted by atomic mass is 16.5. The van der Waals surface area contributed by atoms with Gasteiger partial charge in [-0.2, -0.15) is 0 Å². The second kappa shape index (κ2) is 6.39. The molecule has 2 atom stereocenters. The van der Waals surface area contributed by atoms with Gasteiger partial charge in [0.05, 0.1) is 12.2 Å². The van der Waals surface area contributed by atoms with E-state index in [2.05, 4.69) is 6.92 Å². The van der Waals surface area contributed by atoms with E-state index in [0.29, 0.717) is 0 Å². The van der Waals surface area contributed by atoms with Gasteiger partial charge in [0, 0.05) is 6.61 Å². The molecule has 2 unspecified atom stereocenters. The predicted molar refractivity (Wildman–Crippen MR) is 53.7 cm³/mol. The molecule has 0 bridgehead atoms. The molecule has 0 amide bonds. The van der Waals surface area contributed by atoms with Gasteiger partial charge >= 0.3 is 0 Å². The first kappa shape index (κ1) is 11.0. The van der Waals surface area contributed by atoms with Crippen LogP contribution in [0.5, 0.6) is 0 Å². The normalized spacial score (nSPS) is 29.1. The van der Waals surface area contributed by atoms with Crippen molar-refractivity contribution in [1.29, 1.82) is 0 Å². The Hall–Kier alpha value is -0.0800. The summed E-state index contributed by atoms with van der Waals surface area (Å²) in [5.74, 6) is 0. The summed E-state index contributed by atoms with van der Waals surface area (Å²) in [6.07, 6.45) is 7.90. The van der Waals surface area contributed by atoms with Gasteiger partial charge in [0.25, 0.3) is 0 Å². The maximum atomic E-state index is 9.60. The van der Waals surface area contributed by atoms with E-state index in [0.717, 1.165) is 32.3 Å². The second-order valence-corrected chi connectivity index (χ2v) is 3.97. The van der Waals surface area contributed by atoms with Crippen molar-refractivity contribution in [3.63, 3.8) is 0 Å². The van der Waals surface area contributed by atoms with Gasteiger partial charge < -0.3 is 9.84 Å². The summed E-state index contributed by atoms with van der Waals surface area (Å²) in [5.41, 5.74) is 0. The van der Waals surface area contributed by atoms with E-state index in [4.69, 9.17) is 4.74 Å². The zero-order valence-electron chi connectivity index (χ0n) is 8.67. The molecule has 0 saturated heterocycles. The van der Waals surface area contributed by atoms with Crippen LogP contribution in [0.25, 0.3) is 0 Å². The average Bonchev–Trinajstić information content (AvgIpc) is 2.15. The Morgan fingerprint density at radius 2 is 2.00 bits per heavy atom. The molecule has 0 aliphatic heterocycles. The molecule has 2 heteroatoms. The lowest BCUT2D eigenvalue weighted by Crippen LogP contribution is -2.32.